The molecule has 0 amide bonds. The lowest BCUT2D eigenvalue weighted by molar-refractivity contribution is -0.0959. The highest BCUT2D eigenvalue weighted by molar-refractivity contribution is 5.05. The lowest BCUT2D eigenvalue weighted by atomic mass is 9.47. The van der Waals surface area contributed by atoms with E-state index in [0.717, 1.165) is 36.9 Å². The maximum Gasteiger partial charge on any atom is 0.0121 e. The third-order valence-corrected chi connectivity index (χ3v) is 6.86. The summed E-state index contributed by atoms with van der Waals surface area (Å²) >= 11 is 0. The average Bonchev–Trinajstić information content (AvgIpc) is 2.35. The summed E-state index contributed by atoms with van der Waals surface area (Å²) in [7, 11) is 2.33. The predicted octanol–water partition coefficient (Wildman–Crippen LogP) is 3.51. The van der Waals surface area contributed by atoms with Crippen molar-refractivity contribution < 1.29 is 0 Å². The molecule has 0 heterocycles. The molecule has 0 aliphatic heterocycles. The molecule has 4 rings (SSSR count). The normalized spacial score (nSPS) is 41.4. The second-order valence-corrected chi connectivity index (χ2v) is 9.24. The van der Waals surface area contributed by atoms with Crippen LogP contribution in [0.15, 0.2) is 0 Å². The van der Waals surface area contributed by atoms with Crippen LogP contribution < -0.4 is 5.73 Å². The number of nitrogens with two attached hydrogens (primary N) is 1. The van der Waals surface area contributed by atoms with Gasteiger partial charge in [-0.15, -0.1) is 0 Å². The van der Waals surface area contributed by atoms with Crippen molar-refractivity contribution in [1.29, 1.82) is 0 Å². The number of rotatable bonds is 5. The third kappa shape index (κ3) is 2.54. The van der Waals surface area contributed by atoms with E-state index in [9.17, 15) is 0 Å². The monoisotopic (exact) mass is 278 g/mol. The van der Waals surface area contributed by atoms with Crippen molar-refractivity contribution in [3.63, 3.8) is 0 Å². The van der Waals surface area contributed by atoms with Crippen molar-refractivity contribution in [2.24, 2.45) is 34.3 Å². The standard InChI is InChI=1S/C18H34N2/c1-13(20(4)12-17(2,3)11-19)18-8-14-5-15(9-18)7-16(6-14)10-18/h13-16H,5-12,19H2,1-4H3. The first-order chi connectivity index (χ1) is 9.33. The van der Waals surface area contributed by atoms with Crippen LogP contribution in [0.1, 0.15) is 59.3 Å². The van der Waals surface area contributed by atoms with Gasteiger partial charge in [-0.1, -0.05) is 13.8 Å². The van der Waals surface area contributed by atoms with Gasteiger partial charge >= 0.3 is 0 Å². The van der Waals surface area contributed by atoms with Crippen LogP contribution in [-0.2, 0) is 0 Å². The molecule has 4 fully saturated rings. The topological polar surface area (TPSA) is 29.3 Å². The van der Waals surface area contributed by atoms with E-state index >= 15 is 0 Å². The van der Waals surface area contributed by atoms with Crippen LogP contribution in [0.5, 0.6) is 0 Å². The molecule has 116 valence electrons. The highest BCUT2D eigenvalue weighted by Crippen LogP contribution is 2.61. The van der Waals surface area contributed by atoms with Gasteiger partial charge in [0.2, 0.25) is 0 Å². The second kappa shape index (κ2) is 4.98. The number of hydrogen-bond donors (Lipinski definition) is 1. The molecular formula is C18H34N2. The van der Waals surface area contributed by atoms with E-state index in [4.69, 9.17) is 5.73 Å². The Labute approximate surface area is 125 Å². The van der Waals surface area contributed by atoms with Crippen LogP contribution in [0.2, 0.25) is 0 Å². The van der Waals surface area contributed by atoms with E-state index in [1.807, 2.05) is 0 Å². The molecule has 0 aromatic heterocycles. The highest BCUT2D eigenvalue weighted by atomic mass is 15.1. The van der Waals surface area contributed by atoms with Crippen LogP contribution in [0.25, 0.3) is 0 Å². The molecule has 0 saturated heterocycles. The van der Waals surface area contributed by atoms with Gasteiger partial charge < -0.3 is 10.6 Å². The minimum atomic E-state index is 0.241. The van der Waals surface area contributed by atoms with Gasteiger partial charge in [-0.3, -0.25) is 0 Å². The van der Waals surface area contributed by atoms with E-state index in [1.165, 1.54) is 19.3 Å². The Bertz CT molecular complexity index is 325. The average molecular weight is 278 g/mol. The van der Waals surface area contributed by atoms with Gasteiger partial charge in [-0.25, -0.2) is 0 Å². The zero-order valence-electron chi connectivity index (χ0n) is 14.0. The lowest BCUT2D eigenvalue weighted by Gasteiger charge is -2.60. The first-order valence-electron chi connectivity index (χ1n) is 8.74. The van der Waals surface area contributed by atoms with E-state index in [1.54, 1.807) is 19.3 Å². The third-order valence-electron chi connectivity index (χ3n) is 6.86. The SMILES string of the molecule is CC(N(C)CC(C)(C)CN)C12CC3CC(CC(C3)C1)C2. The molecule has 4 aliphatic carbocycles. The molecule has 2 N–H and O–H groups in total. The summed E-state index contributed by atoms with van der Waals surface area (Å²) in [6.45, 7) is 9.02. The van der Waals surface area contributed by atoms with Gasteiger partial charge in [0.05, 0.1) is 0 Å². The number of nitrogens with zero attached hydrogens (tertiary/aromatic N) is 1. The van der Waals surface area contributed by atoms with Gasteiger partial charge in [0.15, 0.2) is 0 Å². The molecule has 4 bridgehead atoms. The molecule has 2 nitrogen and oxygen atoms in total. The zero-order valence-corrected chi connectivity index (χ0v) is 14.0. The van der Waals surface area contributed by atoms with Gasteiger partial charge in [0.1, 0.15) is 0 Å². The smallest absolute Gasteiger partial charge is 0.0121 e. The van der Waals surface area contributed by atoms with E-state index in [-0.39, 0.29) is 5.41 Å². The fraction of sp³-hybridized carbons (Fsp3) is 1.00. The van der Waals surface area contributed by atoms with Gasteiger partial charge in [0, 0.05) is 12.6 Å². The molecule has 1 unspecified atom stereocenters. The van der Waals surface area contributed by atoms with E-state index in [2.05, 4.69) is 32.7 Å². The van der Waals surface area contributed by atoms with Crippen molar-refractivity contribution >= 4 is 0 Å². The Balaban J connectivity index is 1.71. The van der Waals surface area contributed by atoms with Crippen molar-refractivity contribution in [2.75, 3.05) is 20.1 Å². The first-order valence-corrected chi connectivity index (χ1v) is 8.74. The summed E-state index contributed by atoms with van der Waals surface area (Å²) in [5, 5.41) is 0. The van der Waals surface area contributed by atoms with Crippen LogP contribution >= 0.6 is 0 Å². The largest absolute Gasteiger partial charge is 0.330 e. The zero-order chi connectivity index (χ0) is 14.5. The van der Waals surface area contributed by atoms with Crippen LogP contribution in [-0.4, -0.2) is 31.1 Å². The fourth-order valence-corrected chi connectivity index (χ4v) is 6.03. The summed E-state index contributed by atoms with van der Waals surface area (Å²) in [5.74, 6) is 3.17. The molecule has 0 radical (unpaired) electrons. The van der Waals surface area contributed by atoms with Gasteiger partial charge in [0.25, 0.3) is 0 Å². The Morgan fingerprint density at radius 1 is 1.10 bits per heavy atom. The second-order valence-electron chi connectivity index (χ2n) is 9.24. The molecule has 0 aromatic carbocycles. The minimum absolute atomic E-state index is 0.241. The molecule has 0 aromatic rings. The lowest BCUT2D eigenvalue weighted by Crippen LogP contribution is -2.56. The molecular weight excluding hydrogens is 244 g/mol. The Kier molecular flexibility index (Phi) is 3.70. The molecule has 0 spiro atoms. The van der Waals surface area contributed by atoms with Crippen molar-refractivity contribution in [1.82, 2.24) is 4.90 Å². The van der Waals surface area contributed by atoms with E-state index < -0.39 is 0 Å². The first kappa shape index (κ1) is 14.8. The molecule has 4 aliphatic rings. The Morgan fingerprint density at radius 2 is 1.55 bits per heavy atom. The molecule has 4 saturated carbocycles. The fourth-order valence-electron chi connectivity index (χ4n) is 6.03. The van der Waals surface area contributed by atoms with Crippen molar-refractivity contribution in [3.05, 3.63) is 0 Å². The van der Waals surface area contributed by atoms with Gasteiger partial charge in [-0.05, 0) is 87.6 Å². The van der Waals surface area contributed by atoms with E-state index in [0.29, 0.717) is 5.41 Å². The van der Waals surface area contributed by atoms with Crippen LogP contribution in [0.4, 0.5) is 0 Å². The predicted molar refractivity (Wildman–Crippen MR) is 85.5 cm³/mol. The quantitative estimate of drug-likeness (QED) is 0.834. The minimum Gasteiger partial charge on any atom is -0.330 e. The summed E-state index contributed by atoms with van der Waals surface area (Å²) in [4.78, 5) is 2.62. The van der Waals surface area contributed by atoms with Crippen LogP contribution in [0, 0.1) is 28.6 Å². The summed E-state index contributed by atoms with van der Waals surface area (Å²) in [5.41, 5.74) is 6.81. The summed E-state index contributed by atoms with van der Waals surface area (Å²) in [6.07, 6.45) is 9.16. The van der Waals surface area contributed by atoms with Crippen molar-refractivity contribution in [3.8, 4) is 0 Å². The maximum absolute atomic E-state index is 5.93. The molecule has 1 atom stereocenters. The van der Waals surface area contributed by atoms with Gasteiger partial charge in [-0.2, -0.15) is 0 Å². The Hall–Kier alpha value is -0.0800. The number of hydrogen-bond acceptors (Lipinski definition) is 2. The Morgan fingerprint density at radius 3 is 1.95 bits per heavy atom. The maximum atomic E-state index is 5.93. The van der Waals surface area contributed by atoms with Crippen molar-refractivity contribution in [2.45, 2.75) is 65.3 Å². The molecule has 20 heavy (non-hydrogen) atoms. The summed E-state index contributed by atoms with van der Waals surface area (Å²) < 4.78 is 0. The highest BCUT2D eigenvalue weighted by Gasteiger charge is 2.53. The summed E-state index contributed by atoms with van der Waals surface area (Å²) in [6, 6.07) is 0.724. The molecule has 2 heteroatoms. The van der Waals surface area contributed by atoms with Crippen LogP contribution in [0.3, 0.4) is 0 Å².